The molecule has 0 spiro atoms. The summed E-state index contributed by atoms with van der Waals surface area (Å²) in [6.45, 7) is 7.69. The number of aromatic amines is 1. The Kier molecular flexibility index (Phi) is 8.45. The second kappa shape index (κ2) is 12.1. The molecule has 0 radical (unpaired) electrons. The fourth-order valence-corrected chi connectivity index (χ4v) is 5.81. The summed E-state index contributed by atoms with van der Waals surface area (Å²) >= 11 is 1.74. The van der Waals surface area contributed by atoms with Crippen LogP contribution in [0.4, 0.5) is 4.39 Å². The lowest BCUT2D eigenvalue weighted by Crippen LogP contribution is -2.49. The number of rotatable bonds is 11. The number of aliphatic hydroxyl groups is 1. The first kappa shape index (κ1) is 25.8. The molecule has 2 N–H and O–H groups in total. The SMILES string of the molecule is CCCc1nc2cc(OC[C@@H](O)CN3CCN(CCc4[nH]ncc4-c4ccc(F)cc4)CC3)ccc2s1. The number of halogens is 1. The third kappa shape index (κ3) is 6.73. The van der Waals surface area contributed by atoms with Crippen LogP contribution in [0.15, 0.2) is 48.7 Å². The summed E-state index contributed by atoms with van der Waals surface area (Å²) in [5.41, 5.74) is 4.03. The van der Waals surface area contributed by atoms with Crippen molar-refractivity contribution in [1.82, 2.24) is 25.0 Å². The van der Waals surface area contributed by atoms with E-state index < -0.39 is 6.10 Å². The molecule has 1 aliphatic rings. The lowest BCUT2D eigenvalue weighted by molar-refractivity contribution is 0.0463. The highest BCUT2D eigenvalue weighted by Crippen LogP contribution is 2.27. The van der Waals surface area contributed by atoms with Crippen molar-refractivity contribution >= 4 is 21.6 Å². The lowest BCUT2D eigenvalue weighted by atomic mass is 10.0. The zero-order chi connectivity index (χ0) is 25.6. The van der Waals surface area contributed by atoms with E-state index >= 15 is 0 Å². The van der Waals surface area contributed by atoms with Crippen LogP contribution in [0.1, 0.15) is 24.0 Å². The minimum atomic E-state index is -0.545. The van der Waals surface area contributed by atoms with Gasteiger partial charge in [0.25, 0.3) is 0 Å². The van der Waals surface area contributed by atoms with Gasteiger partial charge in [0.2, 0.25) is 0 Å². The van der Waals surface area contributed by atoms with Crippen LogP contribution in [0.25, 0.3) is 21.3 Å². The van der Waals surface area contributed by atoms with Gasteiger partial charge in [0.1, 0.15) is 24.3 Å². The standard InChI is InChI=1S/C28H34FN5O2S/c1-2-3-28-31-26-16-23(8-9-27(26)37-28)36-19-22(35)18-34-14-12-33(13-15-34)11-10-25-24(17-30-32-25)20-4-6-21(29)7-5-20/h4-9,16-17,22,35H,2-3,10-15,18-19H2,1H3,(H,30,32)/t22-/m0/s1. The van der Waals surface area contributed by atoms with Crippen molar-refractivity contribution in [3.8, 4) is 16.9 Å². The van der Waals surface area contributed by atoms with E-state index in [1.54, 1.807) is 23.5 Å². The molecule has 1 atom stereocenters. The number of hydrogen-bond acceptors (Lipinski definition) is 7. The van der Waals surface area contributed by atoms with Crippen molar-refractivity contribution in [2.75, 3.05) is 45.9 Å². The minimum Gasteiger partial charge on any atom is -0.491 e. The molecule has 0 bridgehead atoms. The van der Waals surface area contributed by atoms with Crippen LogP contribution < -0.4 is 4.74 Å². The zero-order valence-corrected chi connectivity index (χ0v) is 22.0. The molecular formula is C28H34FN5O2S. The Hall–Kier alpha value is -2.85. The predicted octanol–water partition coefficient (Wildman–Crippen LogP) is 4.38. The molecule has 4 aromatic rings. The maximum atomic E-state index is 13.3. The fourth-order valence-electron chi connectivity index (χ4n) is 4.76. The van der Waals surface area contributed by atoms with Crippen molar-refractivity contribution in [3.63, 3.8) is 0 Å². The summed E-state index contributed by atoms with van der Waals surface area (Å²) in [7, 11) is 0. The van der Waals surface area contributed by atoms with Gasteiger partial charge < -0.3 is 14.7 Å². The van der Waals surface area contributed by atoms with E-state index in [9.17, 15) is 9.50 Å². The van der Waals surface area contributed by atoms with Crippen LogP contribution in [0, 0.1) is 5.82 Å². The average Bonchev–Trinajstić information content (AvgIpc) is 3.54. The molecule has 1 aliphatic heterocycles. The van der Waals surface area contributed by atoms with Crippen LogP contribution in [-0.4, -0.2) is 82.1 Å². The third-order valence-electron chi connectivity index (χ3n) is 6.79. The second-order valence-corrected chi connectivity index (χ2v) is 10.7. The number of H-pyrrole nitrogens is 1. The van der Waals surface area contributed by atoms with E-state index in [-0.39, 0.29) is 12.4 Å². The Morgan fingerprint density at radius 2 is 1.86 bits per heavy atom. The molecule has 1 saturated heterocycles. The molecule has 7 nitrogen and oxygen atoms in total. The van der Waals surface area contributed by atoms with Gasteiger partial charge in [-0.1, -0.05) is 19.1 Å². The van der Waals surface area contributed by atoms with E-state index in [2.05, 4.69) is 38.0 Å². The summed E-state index contributed by atoms with van der Waals surface area (Å²) < 4.78 is 20.3. The van der Waals surface area contributed by atoms with E-state index in [4.69, 9.17) is 4.74 Å². The number of ether oxygens (including phenoxy) is 1. The molecular weight excluding hydrogens is 489 g/mol. The first-order valence-electron chi connectivity index (χ1n) is 13.0. The van der Waals surface area contributed by atoms with Crippen LogP contribution in [-0.2, 0) is 12.8 Å². The first-order chi connectivity index (χ1) is 18.1. The Balaban J connectivity index is 1.04. The number of nitrogens with zero attached hydrogens (tertiary/aromatic N) is 4. The van der Waals surface area contributed by atoms with Gasteiger partial charge in [0.15, 0.2) is 0 Å². The first-order valence-corrected chi connectivity index (χ1v) is 13.8. The van der Waals surface area contributed by atoms with Crippen molar-refractivity contribution < 1.29 is 14.2 Å². The lowest BCUT2D eigenvalue weighted by Gasteiger charge is -2.35. The van der Waals surface area contributed by atoms with Crippen LogP contribution in [0.5, 0.6) is 5.75 Å². The molecule has 196 valence electrons. The normalized spacial score (nSPS) is 15.9. The number of aromatic nitrogens is 3. The monoisotopic (exact) mass is 523 g/mol. The second-order valence-electron chi connectivity index (χ2n) is 9.61. The van der Waals surface area contributed by atoms with Crippen LogP contribution in [0.2, 0.25) is 0 Å². The molecule has 5 rings (SSSR count). The topological polar surface area (TPSA) is 77.5 Å². The Labute approximate surface area is 220 Å². The molecule has 3 heterocycles. The summed E-state index contributed by atoms with van der Waals surface area (Å²) in [4.78, 5) is 9.42. The number of benzene rings is 2. The predicted molar refractivity (Wildman–Crippen MR) is 146 cm³/mol. The molecule has 37 heavy (non-hydrogen) atoms. The number of nitrogens with one attached hydrogen (secondary N) is 1. The van der Waals surface area contributed by atoms with E-state index in [1.807, 2.05) is 18.3 Å². The summed E-state index contributed by atoms with van der Waals surface area (Å²) in [5.74, 6) is 0.518. The van der Waals surface area contributed by atoms with E-state index in [0.717, 1.165) is 85.1 Å². The van der Waals surface area contributed by atoms with Gasteiger partial charge in [-0.05, 0) is 42.7 Å². The number of thiazole rings is 1. The number of aliphatic hydroxyl groups excluding tert-OH is 1. The smallest absolute Gasteiger partial charge is 0.123 e. The Morgan fingerprint density at radius 3 is 2.65 bits per heavy atom. The fraction of sp³-hybridized carbons (Fsp3) is 0.429. The number of piperazine rings is 1. The van der Waals surface area contributed by atoms with E-state index in [1.165, 1.54) is 16.8 Å². The van der Waals surface area contributed by atoms with Gasteiger partial charge in [-0.15, -0.1) is 11.3 Å². The van der Waals surface area contributed by atoms with Gasteiger partial charge in [0.05, 0.1) is 21.4 Å². The molecule has 2 aromatic carbocycles. The number of hydrogen-bond donors (Lipinski definition) is 2. The quantitative estimate of drug-likeness (QED) is 0.304. The van der Waals surface area contributed by atoms with Crippen molar-refractivity contribution in [2.24, 2.45) is 0 Å². The highest BCUT2D eigenvalue weighted by atomic mass is 32.1. The average molecular weight is 524 g/mol. The molecule has 0 aliphatic carbocycles. The van der Waals surface area contributed by atoms with Gasteiger partial charge in [-0.3, -0.25) is 10.00 Å². The maximum Gasteiger partial charge on any atom is 0.123 e. The zero-order valence-electron chi connectivity index (χ0n) is 21.2. The molecule has 0 unspecified atom stereocenters. The maximum absolute atomic E-state index is 13.3. The van der Waals surface area contributed by atoms with Crippen molar-refractivity contribution in [1.29, 1.82) is 0 Å². The third-order valence-corrected chi connectivity index (χ3v) is 7.89. The summed E-state index contributed by atoms with van der Waals surface area (Å²) in [5, 5.41) is 19.0. The number of β-amino-alcohol motifs (C(OH)–C–C–N with tert-alkyl or cyclic N) is 1. The van der Waals surface area contributed by atoms with Gasteiger partial charge in [0, 0.05) is 63.0 Å². The Bertz CT molecular complexity index is 1280. The van der Waals surface area contributed by atoms with Crippen LogP contribution >= 0.6 is 11.3 Å². The highest BCUT2D eigenvalue weighted by molar-refractivity contribution is 7.18. The molecule has 0 amide bonds. The molecule has 0 saturated carbocycles. The largest absolute Gasteiger partial charge is 0.491 e. The van der Waals surface area contributed by atoms with Gasteiger partial charge in [-0.25, -0.2) is 9.37 Å². The summed E-state index contributed by atoms with van der Waals surface area (Å²) in [6, 6.07) is 12.5. The highest BCUT2D eigenvalue weighted by Gasteiger charge is 2.20. The molecule has 1 fully saturated rings. The number of aryl methyl sites for hydroxylation is 1. The van der Waals surface area contributed by atoms with Crippen molar-refractivity contribution in [3.05, 3.63) is 65.2 Å². The van der Waals surface area contributed by atoms with Crippen molar-refractivity contribution in [2.45, 2.75) is 32.3 Å². The Morgan fingerprint density at radius 1 is 1.08 bits per heavy atom. The van der Waals surface area contributed by atoms with Gasteiger partial charge in [-0.2, -0.15) is 5.10 Å². The number of fused-ring (bicyclic) bond motifs is 1. The van der Waals surface area contributed by atoms with E-state index in [0.29, 0.717) is 6.54 Å². The summed E-state index contributed by atoms with van der Waals surface area (Å²) in [6.07, 6.45) is 4.21. The van der Waals surface area contributed by atoms with Crippen LogP contribution in [0.3, 0.4) is 0 Å². The molecule has 2 aromatic heterocycles. The van der Waals surface area contributed by atoms with Gasteiger partial charge >= 0.3 is 0 Å². The minimum absolute atomic E-state index is 0.235. The molecule has 9 heteroatoms.